The zero-order chi connectivity index (χ0) is 5.82. The van der Waals surface area contributed by atoms with Crippen LogP contribution in [0, 0.1) is 0 Å². The van der Waals surface area contributed by atoms with Crippen molar-refractivity contribution in [2.24, 2.45) is 0 Å². The smallest absolute Gasteiger partial charge is 0.107 e. The number of hydrogen-bond acceptors (Lipinski definition) is 1. The van der Waals surface area contributed by atoms with Crippen LogP contribution in [0.25, 0.3) is 0 Å². The third-order valence-electron chi connectivity index (χ3n) is 0.886. The Kier molecular flexibility index (Phi) is 4.54. The van der Waals surface area contributed by atoms with Gasteiger partial charge in [0.25, 0.3) is 0 Å². The zero-order valence-electron chi connectivity index (χ0n) is 4.80. The lowest BCUT2D eigenvalue weighted by Crippen LogP contribution is -1.86. The Bertz CT molecular complexity index is 139. The van der Waals surface area contributed by atoms with Crippen molar-refractivity contribution in [3.8, 4) is 0 Å². The molecule has 1 aromatic rings. The SMILES string of the molecule is Cl.ClCCc1ncc[nH]1. The van der Waals surface area contributed by atoms with Crippen molar-refractivity contribution in [2.75, 3.05) is 5.88 Å². The van der Waals surface area contributed by atoms with Gasteiger partial charge >= 0.3 is 0 Å². The second-order valence-corrected chi connectivity index (χ2v) is 1.85. The van der Waals surface area contributed by atoms with E-state index in [2.05, 4.69) is 9.97 Å². The molecule has 0 bridgehead atoms. The molecule has 0 radical (unpaired) electrons. The van der Waals surface area contributed by atoms with Crippen LogP contribution in [-0.4, -0.2) is 15.8 Å². The Hall–Kier alpha value is -0.210. The fourth-order valence-corrected chi connectivity index (χ4v) is 0.703. The standard InChI is InChI=1S/C5H7ClN2.ClH/c6-2-1-5-7-3-4-8-5;/h3-4H,1-2H2,(H,7,8);1H. The van der Waals surface area contributed by atoms with Gasteiger partial charge in [0.05, 0.1) is 0 Å². The zero-order valence-corrected chi connectivity index (χ0v) is 6.37. The minimum atomic E-state index is 0. The van der Waals surface area contributed by atoms with E-state index in [1.54, 1.807) is 12.4 Å². The summed E-state index contributed by atoms with van der Waals surface area (Å²) in [5, 5.41) is 0. The third-order valence-corrected chi connectivity index (χ3v) is 1.08. The van der Waals surface area contributed by atoms with E-state index in [-0.39, 0.29) is 12.4 Å². The lowest BCUT2D eigenvalue weighted by Gasteiger charge is -1.84. The summed E-state index contributed by atoms with van der Waals surface area (Å²) in [5.74, 6) is 1.59. The fourth-order valence-electron chi connectivity index (χ4n) is 0.524. The van der Waals surface area contributed by atoms with Crippen LogP contribution in [0.3, 0.4) is 0 Å². The average molecular weight is 167 g/mol. The average Bonchev–Trinajstić information content (AvgIpc) is 2.19. The first kappa shape index (κ1) is 8.79. The number of nitrogens with one attached hydrogen (secondary N) is 1. The number of imidazole rings is 1. The van der Waals surface area contributed by atoms with Gasteiger partial charge in [0.15, 0.2) is 0 Å². The molecule has 0 aliphatic rings. The van der Waals surface area contributed by atoms with Crippen molar-refractivity contribution in [2.45, 2.75) is 6.42 Å². The Morgan fingerprint density at radius 1 is 1.67 bits per heavy atom. The van der Waals surface area contributed by atoms with Gasteiger partial charge in [0, 0.05) is 24.7 Å². The number of halogens is 2. The molecule has 0 aliphatic heterocycles. The van der Waals surface area contributed by atoms with E-state index in [0.29, 0.717) is 5.88 Å². The molecule has 0 unspecified atom stereocenters. The van der Waals surface area contributed by atoms with E-state index >= 15 is 0 Å². The highest BCUT2D eigenvalue weighted by atomic mass is 35.5. The number of aromatic amines is 1. The van der Waals surface area contributed by atoms with Gasteiger partial charge in [0.1, 0.15) is 5.82 Å². The lowest BCUT2D eigenvalue weighted by atomic mass is 10.5. The molecule has 1 N–H and O–H groups in total. The maximum absolute atomic E-state index is 5.43. The molecule has 0 aliphatic carbocycles. The topological polar surface area (TPSA) is 28.7 Å². The van der Waals surface area contributed by atoms with Crippen LogP contribution >= 0.6 is 24.0 Å². The maximum Gasteiger partial charge on any atom is 0.107 e. The Labute approximate surface area is 65.0 Å². The quantitative estimate of drug-likeness (QED) is 0.666. The number of hydrogen-bond donors (Lipinski definition) is 1. The minimum absolute atomic E-state index is 0. The summed E-state index contributed by atoms with van der Waals surface area (Å²) in [6.07, 6.45) is 4.35. The van der Waals surface area contributed by atoms with E-state index in [0.717, 1.165) is 12.2 Å². The molecule has 52 valence electrons. The molecule has 0 fully saturated rings. The Morgan fingerprint density at radius 2 is 2.44 bits per heavy atom. The van der Waals surface area contributed by atoms with Crippen LogP contribution in [-0.2, 0) is 6.42 Å². The molecule has 0 saturated carbocycles. The second-order valence-electron chi connectivity index (χ2n) is 1.47. The Morgan fingerprint density at radius 3 is 2.89 bits per heavy atom. The predicted molar refractivity (Wildman–Crippen MR) is 40.3 cm³/mol. The van der Waals surface area contributed by atoms with E-state index in [1.807, 2.05) is 0 Å². The van der Waals surface area contributed by atoms with Crippen molar-refractivity contribution in [3.05, 3.63) is 18.2 Å². The van der Waals surface area contributed by atoms with E-state index in [9.17, 15) is 0 Å². The number of H-pyrrole nitrogens is 1. The Balaban J connectivity index is 0.000000640. The first-order valence-corrected chi connectivity index (χ1v) is 3.01. The van der Waals surface area contributed by atoms with Gasteiger partial charge in [-0.3, -0.25) is 0 Å². The van der Waals surface area contributed by atoms with Crippen LogP contribution in [0.4, 0.5) is 0 Å². The normalized spacial score (nSPS) is 8.56. The van der Waals surface area contributed by atoms with Gasteiger partial charge < -0.3 is 4.98 Å². The van der Waals surface area contributed by atoms with E-state index < -0.39 is 0 Å². The highest BCUT2D eigenvalue weighted by Gasteiger charge is 1.88. The lowest BCUT2D eigenvalue weighted by molar-refractivity contribution is 0.996. The third kappa shape index (κ3) is 2.72. The molecular weight excluding hydrogens is 159 g/mol. The molecule has 1 heterocycles. The first-order chi connectivity index (χ1) is 3.93. The molecule has 0 spiro atoms. The van der Waals surface area contributed by atoms with E-state index in [1.165, 1.54) is 0 Å². The number of rotatable bonds is 2. The summed E-state index contributed by atoms with van der Waals surface area (Å²) in [6.45, 7) is 0. The number of aromatic nitrogens is 2. The molecule has 0 saturated heterocycles. The van der Waals surface area contributed by atoms with Gasteiger partial charge in [-0.2, -0.15) is 0 Å². The van der Waals surface area contributed by atoms with Crippen LogP contribution in [0.2, 0.25) is 0 Å². The highest BCUT2D eigenvalue weighted by molar-refractivity contribution is 6.17. The van der Waals surface area contributed by atoms with Crippen molar-refractivity contribution in [1.82, 2.24) is 9.97 Å². The summed E-state index contributed by atoms with van der Waals surface area (Å²) in [6, 6.07) is 0. The number of alkyl halides is 1. The predicted octanol–water partition coefficient (Wildman–Crippen LogP) is 1.61. The maximum atomic E-state index is 5.43. The molecule has 9 heavy (non-hydrogen) atoms. The van der Waals surface area contributed by atoms with Crippen molar-refractivity contribution >= 4 is 24.0 Å². The van der Waals surface area contributed by atoms with Crippen molar-refractivity contribution in [3.63, 3.8) is 0 Å². The second kappa shape index (κ2) is 4.65. The molecule has 0 atom stereocenters. The molecule has 1 rings (SSSR count). The van der Waals surface area contributed by atoms with E-state index in [4.69, 9.17) is 11.6 Å². The largest absolute Gasteiger partial charge is 0.349 e. The molecule has 4 heteroatoms. The number of nitrogens with zero attached hydrogens (tertiary/aromatic N) is 1. The summed E-state index contributed by atoms with van der Waals surface area (Å²) in [5.41, 5.74) is 0. The van der Waals surface area contributed by atoms with Gasteiger partial charge in [-0.15, -0.1) is 24.0 Å². The monoisotopic (exact) mass is 166 g/mol. The van der Waals surface area contributed by atoms with Gasteiger partial charge in [-0.1, -0.05) is 0 Å². The number of aryl methyl sites for hydroxylation is 1. The van der Waals surface area contributed by atoms with Crippen LogP contribution in [0.1, 0.15) is 5.82 Å². The van der Waals surface area contributed by atoms with Crippen LogP contribution in [0.5, 0.6) is 0 Å². The summed E-state index contributed by atoms with van der Waals surface area (Å²) in [7, 11) is 0. The van der Waals surface area contributed by atoms with Crippen LogP contribution in [0.15, 0.2) is 12.4 Å². The summed E-state index contributed by atoms with van der Waals surface area (Å²) >= 11 is 5.43. The molecule has 0 aromatic carbocycles. The molecule has 2 nitrogen and oxygen atoms in total. The van der Waals surface area contributed by atoms with Gasteiger partial charge in [-0.05, 0) is 0 Å². The first-order valence-electron chi connectivity index (χ1n) is 2.47. The summed E-state index contributed by atoms with van der Waals surface area (Å²) < 4.78 is 0. The fraction of sp³-hybridized carbons (Fsp3) is 0.400. The molecule has 0 amide bonds. The molecule has 1 aromatic heterocycles. The van der Waals surface area contributed by atoms with Crippen molar-refractivity contribution < 1.29 is 0 Å². The molecular formula is C5H8Cl2N2. The van der Waals surface area contributed by atoms with Gasteiger partial charge in [0.2, 0.25) is 0 Å². The summed E-state index contributed by atoms with van der Waals surface area (Å²) in [4.78, 5) is 6.91. The highest BCUT2D eigenvalue weighted by Crippen LogP contribution is 1.90. The minimum Gasteiger partial charge on any atom is -0.349 e. The van der Waals surface area contributed by atoms with Crippen LogP contribution < -0.4 is 0 Å². The van der Waals surface area contributed by atoms with Gasteiger partial charge in [-0.25, -0.2) is 4.98 Å². The van der Waals surface area contributed by atoms with Crippen molar-refractivity contribution in [1.29, 1.82) is 0 Å².